The van der Waals surface area contributed by atoms with E-state index in [0.717, 1.165) is 0 Å². The lowest BCUT2D eigenvalue weighted by molar-refractivity contribution is -0.143. The molecule has 0 aliphatic carbocycles. The summed E-state index contributed by atoms with van der Waals surface area (Å²) in [5.74, 6) is -0.485. The Morgan fingerprint density at radius 2 is 2.40 bits per heavy atom. The summed E-state index contributed by atoms with van der Waals surface area (Å²) in [5.41, 5.74) is 0.569. The average Bonchev–Trinajstić information content (AvgIpc) is 2.25. The Labute approximate surface area is 101 Å². The number of nitriles is 1. The summed E-state index contributed by atoms with van der Waals surface area (Å²) in [6.45, 7) is 0. The lowest BCUT2D eigenvalue weighted by Gasteiger charge is -2.10. The van der Waals surface area contributed by atoms with Crippen molar-refractivity contribution in [3.05, 3.63) is 34.9 Å². The molecular weight excluding hydrogens is 281 g/mol. The van der Waals surface area contributed by atoms with Crippen LogP contribution in [0.15, 0.2) is 24.3 Å². The minimum Gasteiger partial charge on any atom is -0.441 e. The SMILES string of the molecule is N#C[C@H](OC(=O)CBr)c1cccc(Cl)c1. The Hall–Kier alpha value is -1.05. The largest absolute Gasteiger partial charge is 0.441 e. The maximum Gasteiger partial charge on any atom is 0.318 e. The topological polar surface area (TPSA) is 50.1 Å². The normalized spacial score (nSPS) is 11.5. The predicted molar refractivity (Wildman–Crippen MR) is 59.7 cm³/mol. The standard InChI is InChI=1S/C10H7BrClNO2/c11-5-10(14)15-9(6-13)7-2-1-3-8(12)4-7/h1-4,9H,5H2/t9-/m0/s1. The fourth-order valence-electron chi connectivity index (χ4n) is 1.00. The van der Waals surface area contributed by atoms with Gasteiger partial charge in [-0.25, -0.2) is 0 Å². The molecule has 0 spiro atoms. The zero-order valence-corrected chi connectivity index (χ0v) is 9.96. The monoisotopic (exact) mass is 287 g/mol. The third-order valence-corrected chi connectivity index (χ3v) is 2.32. The smallest absolute Gasteiger partial charge is 0.318 e. The summed E-state index contributed by atoms with van der Waals surface area (Å²) in [5, 5.41) is 9.39. The van der Waals surface area contributed by atoms with Crippen LogP contribution in [-0.4, -0.2) is 11.3 Å². The van der Waals surface area contributed by atoms with Crippen molar-refractivity contribution in [1.29, 1.82) is 5.26 Å². The van der Waals surface area contributed by atoms with Gasteiger partial charge in [0.2, 0.25) is 6.10 Å². The van der Waals surface area contributed by atoms with E-state index in [1.165, 1.54) is 0 Å². The van der Waals surface area contributed by atoms with Crippen LogP contribution in [0.3, 0.4) is 0 Å². The molecule has 15 heavy (non-hydrogen) atoms. The third kappa shape index (κ3) is 3.54. The highest BCUT2D eigenvalue weighted by molar-refractivity contribution is 9.09. The minimum atomic E-state index is -0.909. The second-order valence-electron chi connectivity index (χ2n) is 2.69. The molecule has 78 valence electrons. The van der Waals surface area contributed by atoms with Crippen molar-refractivity contribution in [2.75, 3.05) is 5.33 Å². The summed E-state index contributed by atoms with van der Waals surface area (Å²) in [7, 11) is 0. The van der Waals surface area contributed by atoms with Crippen LogP contribution in [0.25, 0.3) is 0 Å². The zero-order chi connectivity index (χ0) is 11.3. The summed E-state index contributed by atoms with van der Waals surface area (Å²) in [6.07, 6.45) is -0.909. The molecule has 5 heteroatoms. The maximum absolute atomic E-state index is 11.0. The van der Waals surface area contributed by atoms with Crippen molar-refractivity contribution in [1.82, 2.24) is 0 Å². The van der Waals surface area contributed by atoms with Crippen molar-refractivity contribution < 1.29 is 9.53 Å². The second kappa shape index (κ2) is 5.74. The number of esters is 1. The Morgan fingerprint density at radius 3 is 2.93 bits per heavy atom. The van der Waals surface area contributed by atoms with Crippen LogP contribution in [0.5, 0.6) is 0 Å². The quantitative estimate of drug-likeness (QED) is 0.635. The van der Waals surface area contributed by atoms with Gasteiger partial charge in [0.15, 0.2) is 0 Å². The van der Waals surface area contributed by atoms with E-state index in [1.54, 1.807) is 24.3 Å². The molecule has 1 rings (SSSR count). The molecule has 0 saturated heterocycles. The van der Waals surface area contributed by atoms with E-state index in [9.17, 15) is 4.79 Å². The Balaban J connectivity index is 2.84. The highest BCUT2D eigenvalue weighted by Crippen LogP contribution is 2.20. The number of hydrogen-bond donors (Lipinski definition) is 0. The van der Waals surface area contributed by atoms with Gasteiger partial charge in [-0.1, -0.05) is 39.7 Å². The average molecular weight is 289 g/mol. The first-order valence-corrected chi connectivity index (χ1v) is 5.58. The molecule has 0 aromatic heterocycles. The van der Waals surface area contributed by atoms with Crippen LogP contribution in [0, 0.1) is 11.3 Å². The highest BCUT2D eigenvalue weighted by atomic mass is 79.9. The number of rotatable bonds is 3. The van der Waals surface area contributed by atoms with Gasteiger partial charge in [-0.2, -0.15) is 5.26 Å². The van der Waals surface area contributed by atoms with E-state index in [4.69, 9.17) is 21.6 Å². The molecule has 1 aromatic carbocycles. The van der Waals surface area contributed by atoms with Crippen LogP contribution >= 0.6 is 27.5 Å². The first-order chi connectivity index (χ1) is 7.17. The van der Waals surface area contributed by atoms with Crippen LogP contribution < -0.4 is 0 Å². The number of halogens is 2. The van der Waals surface area contributed by atoms with E-state index in [-0.39, 0.29) is 5.33 Å². The maximum atomic E-state index is 11.0. The molecule has 0 radical (unpaired) electrons. The number of carbonyl (C=O) groups excluding carboxylic acids is 1. The van der Waals surface area contributed by atoms with E-state index >= 15 is 0 Å². The molecule has 1 aromatic rings. The number of benzene rings is 1. The molecule has 0 amide bonds. The van der Waals surface area contributed by atoms with Crippen molar-refractivity contribution in [3.8, 4) is 6.07 Å². The highest BCUT2D eigenvalue weighted by Gasteiger charge is 2.15. The van der Waals surface area contributed by atoms with Gasteiger partial charge in [0.25, 0.3) is 0 Å². The zero-order valence-electron chi connectivity index (χ0n) is 7.61. The van der Waals surface area contributed by atoms with Crippen LogP contribution in [-0.2, 0) is 9.53 Å². The van der Waals surface area contributed by atoms with Gasteiger partial charge in [-0.15, -0.1) is 0 Å². The lowest BCUT2D eigenvalue weighted by Crippen LogP contribution is -2.10. The minimum absolute atomic E-state index is 0.0613. The van der Waals surface area contributed by atoms with E-state index in [2.05, 4.69) is 15.9 Å². The Bertz CT molecular complexity index is 403. The molecule has 0 aliphatic heterocycles. The van der Waals surface area contributed by atoms with E-state index in [1.807, 2.05) is 6.07 Å². The number of alkyl halides is 1. The number of ether oxygens (including phenoxy) is 1. The first kappa shape index (κ1) is 12.0. The predicted octanol–water partition coefficient (Wildman–Crippen LogP) is 2.84. The van der Waals surface area contributed by atoms with Crippen LogP contribution in [0.1, 0.15) is 11.7 Å². The summed E-state index contributed by atoms with van der Waals surface area (Å²) >= 11 is 8.71. The summed E-state index contributed by atoms with van der Waals surface area (Å²) in [4.78, 5) is 11.0. The first-order valence-electron chi connectivity index (χ1n) is 4.08. The van der Waals surface area contributed by atoms with Gasteiger partial charge in [-0.3, -0.25) is 4.79 Å². The van der Waals surface area contributed by atoms with Crippen molar-refractivity contribution in [2.45, 2.75) is 6.10 Å². The number of hydrogen-bond acceptors (Lipinski definition) is 3. The van der Waals surface area contributed by atoms with Gasteiger partial charge >= 0.3 is 5.97 Å². The van der Waals surface area contributed by atoms with Gasteiger partial charge in [0.1, 0.15) is 11.4 Å². The molecule has 0 aliphatic rings. The van der Waals surface area contributed by atoms with Crippen LogP contribution in [0.4, 0.5) is 0 Å². The summed E-state index contributed by atoms with van der Waals surface area (Å²) < 4.78 is 4.88. The van der Waals surface area contributed by atoms with Gasteiger partial charge in [-0.05, 0) is 12.1 Å². The molecule has 0 bridgehead atoms. The lowest BCUT2D eigenvalue weighted by atomic mass is 10.1. The molecule has 0 saturated carbocycles. The molecule has 0 fully saturated rings. The molecular formula is C10H7BrClNO2. The molecule has 3 nitrogen and oxygen atoms in total. The van der Waals surface area contributed by atoms with E-state index < -0.39 is 12.1 Å². The van der Waals surface area contributed by atoms with Gasteiger partial charge < -0.3 is 4.74 Å². The number of carbonyl (C=O) groups is 1. The number of nitrogens with zero attached hydrogens (tertiary/aromatic N) is 1. The van der Waals surface area contributed by atoms with Crippen molar-refractivity contribution in [3.63, 3.8) is 0 Å². The second-order valence-corrected chi connectivity index (χ2v) is 3.68. The third-order valence-electron chi connectivity index (χ3n) is 1.63. The fourth-order valence-corrected chi connectivity index (χ4v) is 1.33. The van der Waals surface area contributed by atoms with Crippen LogP contribution in [0.2, 0.25) is 5.02 Å². The molecule has 0 N–H and O–H groups in total. The van der Waals surface area contributed by atoms with E-state index in [0.29, 0.717) is 10.6 Å². The van der Waals surface area contributed by atoms with Gasteiger partial charge in [0.05, 0.1) is 0 Å². The molecule has 0 heterocycles. The summed E-state index contributed by atoms with van der Waals surface area (Å²) in [6, 6.07) is 8.55. The van der Waals surface area contributed by atoms with Crippen molar-refractivity contribution >= 4 is 33.5 Å². The Kier molecular flexibility index (Phi) is 4.60. The van der Waals surface area contributed by atoms with Crippen molar-refractivity contribution in [2.24, 2.45) is 0 Å². The molecule has 0 unspecified atom stereocenters. The molecule has 1 atom stereocenters. The Morgan fingerprint density at radius 1 is 1.67 bits per heavy atom. The fraction of sp³-hybridized carbons (Fsp3) is 0.200. The van der Waals surface area contributed by atoms with Gasteiger partial charge in [0, 0.05) is 10.6 Å².